The number of aromatic nitrogens is 4. The molecule has 0 bridgehead atoms. The lowest BCUT2D eigenvalue weighted by Gasteiger charge is -2.44. The molecule has 0 saturated carbocycles. The second-order valence-electron chi connectivity index (χ2n) is 13.1. The fourth-order valence-corrected chi connectivity index (χ4v) is 21.8. The van der Waals surface area contributed by atoms with Gasteiger partial charge >= 0.3 is 0 Å². The van der Waals surface area contributed by atoms with Crippen molar-refractivity contribution in [3.8, 4) is 0 Å². The summed E-state index contributed by atoms with van der Waals surface area (Å²) in [5.41, 5.74) is 5.71. The fourth-order valence-electron chi connectivity index (χ4n) is 8.30. The van der Waals surface area contributed by atoms with Gasteiger partial charge in [0, 0.05) is 22.3 Å². The highest BCUT2D eigenvalue weighted by molar-refractivity contribution is 9.10. The highest BCUT2D eigenvalue weighted by Gasteiger charge is 2.47. The van der Waals surface area contributed by atoms with Gasteiger partial charge in [-0.15, -0.1) is 0 Å². The van der Waals surface area contributed by atoms with E-state index in [0.29, 0.717) is 38.6 Å². The van der Waals surface area contributed by atoms with Crippen LogP contribution in [0.4, 0.5) is 4.39 Å². The molecule has 0 aliphatic carbocycles. The molecule has 0 fully saturated rings. The Bertz CT molecular complexity index is 1270. The third-order valence-electron chi connectivity index (χ3n) is 9.45. The quantitative estimate of drug-likeness (QED) is 0.179. The first-order valence-corrected chi connectivity index (χ1v) is 20.1. The van der Waals surface area contributed by atoms with E-state index >= 15 is 0 Å². The Morgan fingerprint density at radius 3 is 1.32 bits per heavy atom. The van der Waals surface area contributed by atoms with Gasteiger partial charge in [0.05, 0.1) is 5.39 Å². The van der Waals surface area contributed by atoms with Gasteiger partial charge in [-0.05, 0) is 85.8 Å². The lowest BCUT2D eigenvalue weighted by molar-refractivity contribution is 0.638. The number of rotatable bonds is 8. The number of nitrogens with zero attached hydrogens (tertiary/aromatic N) is 4. The van der Waals surface area contributed by atoms with Crippen LogP contribution in [0, 0.1) is 5.82 Å². The normalized spacial score (nSPS) is 13.1. The van der Waals surface area contributed by atoms with Crippen molar-refractivity contribution in [1.29, 1.82) is 0 Å². The molecular formula is C32H50BrFN4Si2. The van der Waals surface area contributed by atoms with Crippen molar-refractivity contribution in [3.05, 3.63) is 59.3 Å². The molecule has 8 heteroatoms. The molecule has 4 aromatic rings. The Balaban J connectivity index is 0.000000220. The van der Waals surface area contributed by atoms with Crippen LogP contribution in [0.25, 0.3) is 22.1 Å². The van der Waals surface area contributed by atoms with Gasteiger partial charge in [0.25, 0.3) is 0 Å². The largest absolute Gasteiger partial charge is 0.359 e. The number of hydrogen-bond donors (Lipinski definition) is 0. The predicted octanol–water partition coefficient (Wildman–Crippen LogP) is 11.0. The minimum atomic E-state index is -1.85. The molecule has 0 amide bonds. The maximum atomic E-state index is 14.0. The Hall–Kier alpha value is -1.78. The van der Waals surface area contributed by atoms with Gasteiger partial charge in [0.15, 0.2) is 16.5 Å². The second-order valence-corrected chi connectivity index (χ2v) is 25.4. The molecule has 0 saturated heterocycles. The van der Waals surface area contributed by atoms with Crippen molar-refractivity contribution >= 4 is 54.5 Å². The van der Waals surface area contributed by atoms with Gasteiger partial charge in [0.2, 0.25) is 0 Å². The van der Waals surface area contributed by atoms with E-state index in [0.717, 1.165) is 15.8 Å². The molecule has 4 rings (SSSR count). The van der Waals surface area contributed by atoms with Crippen molar-refractivity contribution in [3.63, 3.8) is 0 Å². The van der Waals surface area contributed by atoms with Gasteiger partial charge in [0.1, 0.15) is 17.1 Å². The van der Waals surface area contributed by atoms with E-state index in [9.17, 15) is 4.39 Å². The van der Waals surface area contributed by atoms with E-state index in [1.807, 2.05) is 18.3 Å². The number of hydrogen-bond acceptors (Lipinski definition) is 2. The van der Waals surface area contributed by atoms with Gasteiger partial charge < -0.3 is 8.47 Å². The summed E-state index contributed by atoms with van der Waals surface area (Å²) in [7, 11) is -3.56. The van der Waals surface area contributed by atoms with E-state index in [-0.39, 0.29) is 5.82 Å². The maximum Gasteiger partial charge on any atom is 0.171 e. The predicted molar refractivity (Wildman–Crippen MR) is 180 cm³/mol. The molecular weight excluding hydrogens is 595 g/mol. The molecule has 0 spiro atoms. The molecule has 220 valence electrons. The third kappa shape index (κ3) is 5.28. The van der Waals surface area contributed by atoms with E-state index < -0.39 is 16.5 Å². The SMILES string of the molecule is CC(C)[Si](C(C)C)(C(C)C)n1ccc2c(Br)ccnc21.CC(C)[Si](C(C)C)(C(C)C)n1ccc2c(F)ccnc21. The lowest BCUT2D eigenvalue weighted by Crippen LogP contribution is -2.51. The van der Waals surface area contributed by atoms with E-state index in [2.05, 4.69) is 136 Å². The number of pyridine rings is 2. The summed E-state index contributed by atoms with van der Waals surface area (Å²) < 4.78 is 20.0. The Morgan fingerprint density at radius 2 is 0.925 bits per heavy atom. The first-order valence-electron chi connectivity index (χ1n) is 14.9. The maximum absolute atomic E-state index is 14.0. The van der Waals surface area contributed by atoms with Crippen LogP contribution in [0.3, 0.4) is 0 Å². The molecule has 0 N–H and O–H groups in total. The Labute approximate surface area is 252 Å². The van der Waals surface area contributed by atoms with Gasteiger partial charge in [-0.25, -0.2) is 14.4 Å². The third-order valence-corrected chi connectivity index (χ3v) is 23.6. The molecule has 0 radical (unpaired) electrons. The van der Waals surface area contributed by atoms with Gasteiger partial charge in [-0.3, -0.25) is 0 Å². The summed E-state index contributed by atoms with van der Waals surface area (Å²) >= 11 is 3.65. The van der Waals surface area contributed by atoms with Crippen LogP contribution in [-0.2, 0) is 0 Å². The topological polar surface area (TPSA) is 35.6 Å². The molecule has 4 nitrogen and oxygen atoms in total. The smallest absolute Gasteiger partial charge is 0.171 e. The molecule has 40 heavy (non-hydrogen) atoms. The van der Waals surface area contributed by atoms with Crippen LogP contribution in [0.15, 0.2) is 53.5 Å². The summed E-state index contributed by atoms with van der Waals surface area (Å²) in [6.07, 6.45) is 7.82. The minimum absolute atomic E-state index is 0.173. The van der Waals surface area contributed by atoms with Crippen LogP contribution in [0.1, 0.15) is 83.1 Å². The Kier molecular flexibility index (Phi) is 10.3. The zero-order valence-electron chi connectivity index (χ0n) is 26.6. The summed E-state index contributed by atoms with van der Waals surface area (Å²) in [5.74, 6) is -0.173. The van der Waals surface area contributed by atoms with Crippen LogP contribution in [0.2, 0.25) is 33.2 Å². The monoisotopic (exact) mass is 644 g/mol. The van der Waals surface area contributed by atoms with Crippen LogP contribution >= 0.6 is 15.9 Å². The highest BCUT2D eigenvalue weighted by atomic mass is 79.9. The number of fused-ring (bicyclic) bond motifs is 2. The summed E-state index contributed by atoms with van der Waals surface area (Å²) in [4.78, 5) is 9.16. The minimum Gasteiger partial charge on any atom is -0.359 e. The zero-order valence-corrected chi connectivity index (χ0v) is 30.2. The molecule has 0 unspecified atom stereocenters. The fraction of sp³-hybridized carbons (Fsp3) is 0.562. The van der Waals surface area contributed by atoms with Gasteiger partial charge in [-0.2, -0.15) is 0 Å². The zero-order chi connectivity index (χ0) is 30.2. The van der Waals surface area contributed by atoms with Crippen LogP contribution < -0.4 is 0 Å². The lowest BCUT2D eigenvalue weighted by atomic mass is 10.3. The van der Waals surface area contributed by atoms with Gasteiger partial charge in [-0.1, -0.05) is 83.1 Å². The standard InChI is InChI=1S/C16H25BrN2Si.C16H25FN2Si/c2*1-11(2)20(12(3)4,13(5)6)19-10-8-14-15(17)7-9-18-16(14)19/h2*7-13H,1-6H3. The molecule has 0 aliphatic heterocycles. The molecule has 4 aromatic heterocycles. The summed E-state index contributed by atoms with van der Waals surface area (Å²) in [5, 5.41) is 1.87. The second kappa shape index (κ2) is 12.6. The molecule has 0 atom stereocenters. The van der Waals surface area contributed by atoms with Crippen LogP contribution in [-0.4, -0.2) is 34.9 Å². The molecule has 0 aliphatic rings. The average Bonchev–Trinajstić information content (AvgIpc) is 3.46. The first kappa shape index (κ1) is 32.7. The van der Waals surface area contributed by atoms with E-state index in [1.54, 1.807) is 6.20 Å². The Morgan fingerprint density at radius 1 is 0.575 bits per heavy atom. The van der Waals surface area contributed by atoms with Crippen molar-refractivity contribution in [2.24, 2.45) is 0 Å². The van der Waals surface area contributed by atoms with Crippen LogP contribution in [0.5, 0.6) is 0 Å². The van der Waals surface area contributed by atoms with E-state index in [1.165, 1.54) is 11.5 Å². The number of halogens is 2. The van der Waals surface area contributed by atoms with Crippen molar-refractivity contribution in [1.82, 2.24) is 18.4 Å². The van der Waals surface area contributed by atoms with Crippen molar-refractivity contribution in [2.45, 2.75) is 116 Å². The van der Waals surface area contributed by atoms with E-state index in [4.69, 9.17) is 0 Å². The van der Waals surface area contributed by atoms with Crippen molar-refractivity contribution in [2.75, 3.05) is 0 Å². The summed E-state index contributed by atoms with van der Waals surface area (Å²) in [6, 6.07) is 7.56. The first-order chi connectivity index (χ1) is 18.7. The summed E-state index contributed by atoms with van der Waals surface area (Å²) in [6.45, 7) is 28.1. The van der Waals surface area contributed by atoms with Crippen molar-refractivity contribution < 1.29 is 4.39 Å². The highest BCUT2D eigenvalue weighted by Crippen LogP contribution is 2.45. The molecule has 4 heterocycles. The average molecular weight is 646 g/mol. The molecule has 0 aromatic carbocycles.